The van der Waals surface area contributed by atoms with Gasteiger partial charge in [0.1, 0.15) is 5.75 Å². The van der Waals surface area contributed by atoms with Gasteiger partial charge in [0.2, 0.25) is 5.89 Å². The van der Waals surface area contributed by atoms with E-state index in [-0.39, 0.29) is 16.0 Å². The van der Waals surface area contributed by atoms with Gasteiger partial charge in [0.25, 0.3) is 5.22 Å². The summed E-state index contributed by atoms with van der Waals surface area (Å²) in [5, 5.41) is 20.0. The normalized spacial score (nSPS) is 11.4. The number of nitrogens with zero attached hydrogens (tertiary/aromatic N) is 2. The van der Waals surface area contributed by atoms with E-state index in [9.17, 15) is 9.90 Å². The number of thioether (sulfide) groups is 1. The Hall–Kier alpha value is -2.77. The quantitative estimate of drug-likeness (QED) is 0.460. The summed E-state index contributed by atoms with van der Waals surface area (Å²) in [5.41, 5.74) is 2.28. The van der Waals surface area contributed by atoms with Crippen LogP contribution in [-0.2, 0) is 4.79 Å². The number of aliphatic carboxylic acids is 1. The molecule has 0 amide bonds. The van der Waals surface area contributed by atoms with Crippen LogP contribution in [0.25, 0.3) is 17.5 Å². The number of halogens is 1. The van der Waals surface area contributed by atoms with Crippen molar-refractivity contribution in [2.24, 2.45) is 0 Å². The lowest BCUT2D eigenvalue weighted by Gasteiger charge is -2.08. The van der Waals surface area contributed by atoms with Crippen LogP contribution in [0.5, 0.6) is 5.75 Å². The zero-order valence-corrected chi connectivity index (χ0v) is 16.0. The smallest absolute Gasteiger partial charge is 0.281 e. The summed E-state index contributed by atoms with van der Waals surface area (Å²) < 4.78 is 10.8. The molecule has 2 aromatic carbocycles. The summed E-state index contributed by atoms with van der Waals surface area (Å²) >= 11 is 6.68. The lowest BCUT2D eigenvalue weighted by atomic mass is 10.1. The van der Waals surface area contributed by atoms with E-state index in [0.29, 0.717) is 21.9 Å². The van der Waals surface area contributed by atoms with Crippen molar-refractivity contribution in [3.05, 3.63) is 63.5 Å². The van der Waals surface area contributed by atoms with Gasteiger partial charge in [0, 0.05) is 15.5 Å². The van der Waals surface area contributed by atoms with Crippen molar-refractivity contribution in [2.45, 2.75) is 12.1 Å². The molecule has 0 atom stereocenters. The van der Waals surface area contributed by atoms with Crippen molar-refractivity contribution >= 4 is 35.4 Å². The highest BCUT2D eigenvalue weighted by Gasteiger charge is 2.12. The molecule has 27 heavy (non-hydrogen) atoms. The van der Waals surface area contributed by atoms with Gasteiger partial charge in [-0.2, -0.15) is 0 Å². The number of hydrogen-bond acceptors (Lipinski definition) is 7. The van der Waals surface area contributed by atoms with E-state index < -0.39 is 5.97 Å². The number of carbonyl (C=O) groups excluding carboxylic acids is 1. The van der Waals surface area contributed by atoms with Crippen LogP contribution >= 0.6 is 23.4 Å². The van der Waals surface area contributed by atoms with E-state index in [1.54, 1.807) is 43.5 Å². The molecule has 3 rings (SSSR count). The molecule has 0 saturated heterocycles. The second kappa shape index (κ2) is 8.28. The molecule has 1 aromatic heterocycles. The Bertz CT molecular complexity index is 999. The highest BCUT2D eigenvalue weighted by atomic mass is 35.5. The summed E-state index contributed by atoms with van der Waals surface area (Å²) in [6.45, 7) is 1.90. The zero-order valence-electron chi connectivity index (χ0n) is 14.4. The molecule has 6 nitrogen and oxygen atoms in total. The molecule has 0 unspecified atom stereocenters. The van der Waals surface area contributed by atoms with Crippen LogP contribution in [0.2, 0.25) is 5.02 Å². The lowest BCUT2D eigenvalue weighted by Crippen LogP contribution is -2.23. The molecule has 0 aliphatic heterocycles. The molecule has 1 heterocycles. The number of carboxylic acids is 1. The Morgan fingerprint density at radius 2 is 1.96 bits per heavy atom. The van der Waals surface area contributed by atoms with Gasteiger partial charge in [-0.3, -0.25) is 0 Å². The van der Waals surface area contributed by atoms with E-state index in [4.69, 9.17) is 20.8 Å². The molecule has 0 fully saturated rings. The largest absolute Gasteiger partial charge is 0.544 e. The van der Waals surface area contributed by atoms with Crippen LogP contribution in [0, 0.1) is 6.92 Å². The fraction of sp³-hybridized carbons (Fsp3) is 0.105. The van der Waals surface area contributed by atoms with Gasteiger partial charge in [-0.15, -0.1) is 10.2 Å². The highest BCUT2D eigenvalue weighted by molar-refractivity contribution is 8.03. The second-order valence-electron chi connectivity index (χ2n) is 5.51. The van der Waals surface area contributed by atoms with Crippen LogP contribution < -0.4 is 9.84 Å². The minimum absolute atomic E-state index is 0.0628. The van der Waals surface area contributed by atoms with Crippen molar-refractivity contribution in [1.29, 1.82) is 0 Å². The highest BCUT2D eigenvalue weighted by Crippen LogP contribution is 2.30. The average molecular weight is 402 g/mol. The Morgan fingerprint density at radius 3 is 2.63 bits per heavy atom. The molecule has 0 N–H and O–H groups in total. The number of ether oxygens (including phenoxy) is 1. The number of carbonyl (C=O) groups is 1. The average Bonchev–Trinajstić information content (AvgIpc) is 3.11. The first-order chi connectivity index (χ1) is 13.0. The van der Waals surface area contributed by atoms with Gasteiger partial charge >= 0.3 is 0 Å². The first-order valence-corrected chi connectivity index (χ1v) is 9.00. The third kappa shape index (κ3) is 4.69. The molecule has 0 aliphatic carbocycles. The van der Waals surface area contributed by atoms with Crippen LogP contribution in [0.3, 0.4) is 0 Å². The molecular formula is C19H14ClN2O4S-. The monoisotopic (exact) mass is 401 g/mol. The predicted molar refractivity (Wildman–Crippen MR) is 101 cm³/mol. The fourth-order valence-electron chi connectivity index (χ4n) is 2.26. The Kier molecular flexibility index (Phi) is 5.83. The van der Waals surface area contributed by atoms with Crippen LogP contribution in [0.1, 0.15) is 11.1 Å². The number of methoxy groups -OCH3 is 1. The Morgan fingerprint density at radius 1 is 1.22 bits per heavy atom. The molecule has 138 valence electrons. The number of benzene rings is 2. The summed E-state index contributed by atoms with van der Waals surface area (Å²) in [6, 6.07) is 12.2. The Labute approximate surface area is 164 Å². The fourth-order valence-corrected chi connectivity index (χ4v) is 3.06. The molecule has 0 saturated carbocycles. The lowest BCUT2D eigenvalue weighted by molar-refractivity contribution is -0.298. The summed E-state index contributed by atoms with van der Waals surface area (Å²) in [6.07, 6.45) is 1.47. The van der Waals surface area contributed by atoms with Crippen molar-refractivity contribution < 1.29 is 19.1 Å². The summed E-state index contributed by atoms with van der Waals surface area (Å²) in [7, 11) is 1.56. The first kappa shape index (κ1) is 19.0. The molecule has 0 aliphatic rings. The van der Waals surface area contributed by atoms with E-state index in [0.717, 1.165) is 17.3 Å². The minimum atomic E-state index is -1.34. The SMILES string of the molecule is COc1cc(/C=C(\Sc2nnc(-c3ccc(Cl)cc3)o2)C(=O)[O-])ccc1C. The maximum absolute atomic E-state index is 11.5. The third-order valence-corrected chi connectivity index (χ3v) is 4.72. The van der Waals surface area contributed by atoms with E-state index in [1.807, 2.05) is 13.0 Å². The maximum atomic E-state index is 11.5. The topological polar surface area (TPSA) is 88.3 Å². The van der Waals surface area contributed by atoms with Crippen molar-refractivity contribution in [3.63, 3.8) is 0 Å². The van der Waals surface area contributed by atoms with Gasteiger partial charge in [0.05, 0.1) is 13.1 Å². The molecular weight excluding hydrogens is 388 g/mol. The third-order valence-electron chi connectivity index (χ3n) is 3.63. The summed E-state index contributed by atoms with van der Waals surface area (Å²) in [5.74, 6) is -0.413. The summed E-state index contributed by atoms with van der Waals surface area (Å²) in [4.78, 5) is 11.4. The van der Waals surface area contributed by atoms with Crippen molar-refractivity contribution in [1.82, 2.24) is 10.2 Å². The molecule has 8 heteroatoms. The Balaban J connectivity index is 1.85. The molecule has 0 bridgehead atoms. The predicted octanol–water partition coefficient (Wildman–Crippen LogP) is 3.59. The second-order valence-corrected chi connectivity index (χ2v) is 6.94. The number of aryl methyl sites for hydroxylation is 1. The molecule has 0 spiro atoms. The first-order valence-electron chi connectivity index (χ1n) is 7.81. The van der Waals surface area contributed by atoms with Crippen LogP contribution in [0.15, 0.2) is 57.0 Å². The number of hydrogen-bond donors (Lipinski definition) is 0. The van der Waals surface area contributed by atoms with Crippen LogP contribution in [-0.4, -0.2) is 23.3 Å². The number of rotatable bonds is 6. The maximum Gasteiger partial charge on any atom is 0.281 e. The van der Waals surface area contributed by atoms with E-state index in [2.05, 4.69) is 10.2 Å². The standard InChI is InChI=1S/C19H15ClN2O4S/c1-11-3-4-12(9-15(11)25-2)10-16(18(23)24)27-19-22-21-17(26-19)13-5-7-14(20)8-6-13/h3-10H,1-2H3,(H,23,24)/p-1/b16-10-. The van der Waals surface area contributed by atoms with Gasteiger partial charge in [-0.05, 0) is 66.2 Å². The number of aromatic nitrogens is 2. The van der Waals surface area contributed by atoms with Gasteiger partial charge in [-0.25, -0.2) is 0 Å². The van der Waals surface area contributed by atoms with Gasteiger partial charge in [0.15, 0.2) is 0 Å². The zero-order chi connectivity index (χ0) is 19.4. The minimum Gasteiger partial charge on any atom is -0.544 e. The van der Waals surface area contributed by atoms with E-state index >= 15 is 0 Å². The van der Waals surface area contributed by atoms with Gasteiger partial charge in [-0.1, -0.05) is 23.7 Å². The van der Waals surface area contributed by atoms with E-state index in [1.165, 1.54) is 6.08 Å². The van der Waals surface area contributed by atoms with Crippen LogP contribution in [0.4, 0.5) is 0 Å². The molecule has 3 aromatic rings. The van der Waals surface area contributed by atoms with Gasteiger partial charge < -0.3 is 19.1 Å². The van der Waals surface area contributed by atoms with Crippen molar-refractivity contribution in [2.75, 3.05) is 7.11 Å². The molecule has 0 radical (unpaired) electrons. The number of carboxylic acid groups (broad SMARTS) is 1. The van der Waals surface area contributed by atoms with Crippen molar-refractivity contribution in [3.8, 4) is 17.2 Å².